The van der Waals surface area contributed by atoms with Crippen molar-refractivity contribution in [1.82, 2.24) is 9.97 Å². The Balaban J connectivity index is 1.94. The van der Waals surface area contributed by atoms with Crippen LogP contribution < -0.4 is 4.90 Å². The second kappa shape index (κ2) is 7.97. The van der Waals surface area contributed by atoms with Crippen molar-refractivity contribution in [3.63, 3.8) is 0 Å². The lowest BCUT2D eigenvalue weighted by atomic mass is 10.0. The van der Waals surface area contributed by atoms with Crippen LogP contribution in [0, 0.1) is 0 Å². The first-order valence-corrected chi connectivity index (χ1v) is 9.18. The van der Waals surface area contributed by atoms with Gasteiger partial charge in [0.1, 0.15) is 6.33 Å². The maximum Gasteiger partial charge on any atom is 0.335 e. The van der Waals surface area contributed by atoms with Gasteiger partial charge < -0.3 is 5.11 Å². The number of carboxylic acids is 1. The number of hydrogen-bond donors (Lipinski definition) is 1. The van der Waals surface area contributed by atoms with Crippen LogP contribution in [0.4, 0.5) is 11.5 Å². The van der Waals surface area contributed by atoms with Crippen molar-refractivity contribution in [3.8, 4) is 0 Å². The topological polar surface area (TPSA) is 83.4 Å². The zero-order chi connectivity index (χ0) is 21.1. The Morgan fingerprint density at radius 3 is 2.17 bits per heavy atom. The first-order valence-electron chi connectivity index (χ1n) is 9.18. The second-order valence-corrected chi connectivity index (χ2v) is 6.56. The molecular formula is C24H17N3O3. The highest BCUT2D eigenvalue weighted by Gasteiger charge is 2.23. The second-order valence-electron chi connectivity index (χ2n) is 6.56. The molecule has 1 N–H and O–H groups in total. The predicted octanol–water partition coefficient (Wildman–Crippen LogP) is 4.71. The van der Waals surface area contributed by atoms with Gasteiger partial charge in [0.15, 0.2) is 5.82 Å². The third kappa shape index (κ3) is 3.54. The smallest absolute Gasteiger partial charge is 0.335 e. The van der Waals surface area contributed by atoms with Crippen LogP contribution in [0.15, 0.2) is 91.8 Å². The van der Waals surface area contributed by atoms with Gasteiger partial charge in [0.05, 0.1) is 16.8 Å². The lowest BCUT2D eigenvalue weighted by Crippen LogP contribution is -2.27. The molecule has 3 aromatic carbocycles. The minimum Gasteiger partial charge on any atom is -0.478 e. The molecule has 30 heavy (non-hydrogen) atoms. The number of carboxylic acid groups (broad SMARTS) is 1. The number of fused-ring (bicyclic) bond motifs is 1. The number of benzene rings is 3. The maximum atomic E-state index is 13.5. The molecule has 0 fully saturated rings. The van der Waals surface area contributed by atoms with E-state index in [1.807, 2.05) is 36.4 Å². The van der Waals surface area contributed by atoms with E-state index in [0.717, 1.165) is 0 Å². The molecule has 0 aliphatic carbocycles. The molecule has 0 aliphatic heterocycles. The summed E-state index contributed by atoms with van der Waals surface area (Å²) in [5.41, 5.74) is 2.09. The van der Waals surface area contributed by atoms with Gasteiger partial charge in [-0.1, -0.05) is 49.0 Å². The SMILES string of the molecule is C=C(C(=O)O)c1ccc2ncnc(N(C(=O)c3ccccc3)c3ccccc3)c2c1. The van der Waals surface area contributed by atoms with E-state index in [1.54, 1.807) is 42.5 Å². The molecular weight excluding hydrogens is 378 g/mol. The number of anilines is 2. The van der Waals surface area contributed by atoms with Crippen LogP contribution in [-0.2, 0) is 4.79 Å². The van der Waals surface area contributed by atoms with Crippen molar-refractivity contribution in [2.24, 2.45) is 0 Å². The van der Waals surface area contributed by atoms with Crippen LogP contribution in [0.3, 0.4) is 0 Å². The summed E-state index contributed by atoms with van der Waals surface area (Å²) in [6.07, 6.45) is 1.39. The normalized spacial score (nSPS) is 10.5. The number of amides is 1. The molecule has 0 saturated heterocycles. The summed E-state index contributed by atoms with van der Waals surface area (Å²) in [6, 6.07) is 23.0. The minimum atomic E-state index is -1.12. The highest BCUT2D eigenvalue weighted by atomic mass is 16.4. The monoisotopic (exact) mass is 395 g/mol. The quantitative estimate of drug-likeness (QED) is 0.495. The third-order valence-corrected chi connectivity index (χ3v) is 4.67. The Hall–Kier alpha value is -4.32. The van der Waals surface area contributed by atoms with E-state index in [4.69, 9.17) is 0 Å². The Labute approximate surface area is 172 Å². The van der Waals surface area contributed by atoms with Crippen molar-refractivity contribution in [3.05, 3.63) is 103 Å². The van der Waals surface area contributed by atoms with Gasteiger partial charge >= 0.3 is 5.97 Å². The van der Waals surface area contributed by atoms with Crippen molar-refractivity contribution in [1.29, 1.82) is 0 Å². The molecule has 0 radical (unpaired) electrons. The number of hydrogen-bond acceptors (Lipinski definition) is 4. The summed E-state index contributed by atoms with van der Waals surface area (Å²) in [4.78, 5) is 35.0. The average molecular weight is 395 g/mol. The molecule has 0 unspecified atom stereocenters. The molecule has 1 aromatic heterocycles. The summed E-state index contributed by atoms with van der Waals surface area (Å²) in [5, 5.41) is 9.85. The van der Waals surface area contributed by atoms with Crippen molar-refractivity contribution in [2.45, 2.75) is 0 Å². The summed E-state index contributed by atoms with van der Waals surface area (Å²) >= 11 is 0. The Morgan fingerprint density at radius 1 is 0.833 bits per heavy atom. The fraction of sp³-hybridized carbons (Fsp3) is 0. The van der Waals surface area contributed by atoms with E-state index in [2.05, 4.69) is 16.5 Å². The van der Waals surface area contributed by atoms with Crippen LogP contribution in [0.1, 0.15) is 15.9 Å². The van der Waals surface area contributed by atoms with E-state index in [0.29, 0.717) is 33.5 Å². The molecule has 0 atom stereocenters. The van der Waals surface area contributed by atoms with E-state index < -0.39 is 5.97 Å². The third-order valence-electron chi connectivity index (χ3n) is 4.67. The molecule has 4 aromatic rings. The lowest BCUT2D eigenvalue weighted by molar-refractivity contribution is -0.130. The number of nitrogens with zero attached hydrogens (tertiary/aromatic N) is 3. The molecule has 6 nitrogen and oxygen atoms in total. The van der Waals surface area contributed by atoms with Gasteiger partial charge in [-0.25, -0.2) is 14.8 Å². The van der Waals surface area contributed by atoms with Crippen molar-refractivity contribution < 1.29 is 14.7 Å². The molecule has 146 valence electrons. The van der Waals surface area contributed by atoms with Crippen LogP contribution in [0.25, 0.3) is 16.5 Å². The molecule has 0 saturated carbocycles. The van der Waals surface area contributed by atoms with E-state index in [-0.39, 0.29) is 11.5 Å². The Kier molecular flexibility index (Phi) is 5.05. The highest BCUT2D eigenvalue weighted by molar-refractivity contribution is 6.17. The van der Waals surface area contributed by atoms with E-state index in [1.165, 1.54) is 11.2 Å². The first-order chi connectivity index (χ1) is 14.6. The van der Waals surface area contributed by atoms with E-state index >= 15 is 0 Å². The molecule has 0 bridgehead atoms. The summed E-state index contributed by atoms with van der Waals surface area (Å²) in [7, 11) is 0. The maximum absolute atomic E-state index is 13.5. The van der Waals surface area contributed by atoms with Gasteiger partial charge in [0, 0.05) is 10.9 Å². The van der Waals surface area contributed by atoms with Crippen LogP contribution in [0.2, 0.25) is 0 Å². The van der Waals surface area contributed by atoms with Gasteiger partial charge in [0.25, 0.3) is 5.91 Å². The van der Waals surface area contributed by atoms with Gasteiger partial charge in [-0.3, -0.25) is 9.69 Å². The Morgan fingerprint density at radius 2 is 1.50 bits per heavy atom. The zero-order valence-electron chi connectivity index (χ0n) is 15.9. The molecule has 1 amide bonds. The number of para-hydroxylation sites is 1. The first kappa shape index (κ1) is 19.0. The van der Waals surface area contributed by atoms with Gasteiger partial charge in [-0.2, -0.15) is 0 Å². The standard InChI is InChI=1S/C24H17N3O3/c1-16(24(29)30)18-12-13-21-20(14-18)22(26-15-25-21)27(19-10-6-3-7-11-19)23(28)17-8-4-2-5-9-17/h2-15H,1H2,(H,29,30). The predicted molar refractivity (Wildman–Crippen MR) is 116 cm³/mol. The zero-order valence-corrected chi connectivity index (χ0v) is 15.9. The van der Waals surface area contributed by atoms with Gasteiger partial charge in [-0.05, 0) is 42.0 Å². The highest BCUT2D eigenvalue weighted by Crippen LogP contribution is 2.32. The summed E-state index contributed by atoms with van der Waals surface area (Å²) in [5.74, 6) is -1.02. The molecule has 6 heteroatoms. The number of carbonyl (C=O) groups excluding carboxylic acids is 1. The number of aliphatic carboxylic acids is 1. The largest absolute Gasteiger partial charge is 0.478 e. The van der Waals surface area contributed by atoms with Crippen LogP contribution >= 0.6 is 0 Å². The lowest BCUT2D eigenvalue weighted by Gasteiger charge is -2.23. The van der Waals surface area contributed by atoms with Crippen molar-refractivity contribution >= 4 is 39.9 Å². The van der Waals surface area contributed by atoms with Crippen LogP contribution in [-0.4, -0.2) is 27.0 Å². The minimum absolute atomic E-state index is 0.0487. The number of carbonyl (C=O) groups is 2. The molecule has 0 aliphatic rings. The summed E-state index contributed by atoms with van der Waals surface area (Å²) < 4.78 is 0. The van der Waals surface area contributed by atoms with Gasteiger partial charge in [-0.15, -0.1) is 0 Å². The molecule has 1 heterocycles. The molecule has 0 spiro atoms. The Bertz CT molecular complexity index is 1250. The number of rotatable bonds is 5. The van der Waals surface area contributed by atoms with E-state index in [9.17, 15) is 14.7 Å². The van der Waals surface area contributed by atoms with Gasteiger partial charge in [0.2, 0.25) is 0 Å². The average Bonchev–Trinajstić information content (AvgIpc) is 2.79. The fourth-order valence-corrected chi connectivity index (χ4v) is 3.16. The van der Waals surface area contributed by atoms with Crippen molar-refractivity contribution in [2.75, 3.05) is 4.90 Å². The fourth-order valence-electron chi connectivity index (χ4n) is 3.16. The number of aromatic nitrogens is 2. The molecule has 4 rings (SSSR count). The summed E-state index contributed by atoms with van der Waals surface area (Å²) in [6.45, 7) is 3.63. The van der Waals surface area contributed by atoms with Crippen LogP contribution in [0.5, 0.6) is 0 Å².